The van der Waals surface area contributed by atoms with Crippen molar-refractivity contribution < 1.29 is 51.4 Å². The quantitative estimate of drug-likeness (QED) is 0.742. The van der Waals surface area contributed by atoms with E-state index in [0.29, 0.717) is 0 Å². The first-order valence-electron chi connectivity index (χ1n) is 5.71. The molecule has 0 aliphatic heterocycles. The molecular weight excluding hydrogens is 245 g/mol. The molecule has 1 nitrogen and oxygen atoms in total. The van der Waals surface area contributed by atoms with E-state index in [1.807, 2.05) is 43.4 Å². The molecule has 0 bridgehead atoms. The van der Waals surface area contributed by atoms with Crippen LogP contribution in [0.4, 0.5) is 5.69 Å². The summed E-state index contributed by atoms with van der Waals surface area (Å²) in [6, 6.07) is 20.6. The molecule has 2 aromatic rings. The van der Waals surface area contributed by atoms with Crippen molar-refractivity contribution in [2.75, 3.05) is 11.9 Å². The van der Waals surface area contributed by atoms with Crippen LogP contribution in [0.1, 0.15) is 5.56 Å². The molecule has 0 aliphatic rings. The first-order chi connectivity index (χ1) is 8.36. The first kappa shape index (κ1) is 15.7. The fourth-order valence-corrected chi connectivity index (χ4v) is 1.60. The molecule has 0 atom stereocenters. The van der Waals surface area contributed by atoms with Gasteiger partial charge in [0.2, 0.25) is 0 Å². The number of benzene rings is 2. The van der Waals surface area contributed by atoms with Gasteiger partial charge in [-0.15, -0.1) is 0 Å². The Balaban J connectivity index is 0.00000162. The van der Waals surface area contributed by atoms with Crippen molar-refractivity contribution in [2.24, 2.45) is 0 Å². The van der Waals surface area contributed by atoms with Gasteiger partial charge in [-0.25, -0.2) is 0 Å². The van der Waals surface area contributed by atoms with Crippen molar-refractivity contribution in [3.63, 3.8) is 0 Å². The van der Waals surface area contributed by atoms with Crippen LogP contribution in [0.15, 0.2) is 66.7 Å². The predicted octanol–water partition coefficient (Wildman–Crippen LogP) is 1.00. The molecule has 0 fully saturated rings. The molecule has 18 heavy (non-hydrogen) atoms. The number of anilines is 1. The SMILES string of the molecule is CN([CH]/C=C/c1ccccc1)c1ccccc1.[K+]. The zero-order valence-corrected chi connectivity index (χ0v) is 14.1. The van der Waals surface area contributed by atoms with Crippen LogP contribution in [-0.2, 0) is 0 Å². The van der Waals surface area contributed by atoms with Gasteiger partial charge in [-0.2, -0.15) is 0 Å². The Bertz CT molecular complexity index is 465. The van der Waals surface area contributed by atoms with Crippen LogP contribution >= 0.6 is 0 Å². The molecule has 0 unspecified atom stereocenters. The summed E-state index contributed by atoms with van der Waals surface area (Å²) in [5.74, 6) is 0. The van der Waals surface area contributed by atoms with E-state index in [4.69, 9.17) is 0 Å². The van der Waals surface area contributed by atoms with E-state index in [0.717, 1.165) is 0 Å². The summed E-state index contributed by atoms with van der Waals surface area (Å²) in [5, 5.41) is 0. The molecule has 0 spiro atoms. The van der Waals surface area contributed by atoms with Gasteiger partial charge in [0.25, 0.3) is 0 Å². The average Bonchev–Trinajstić information content (AvgIpc) is 2.41. The van der Waals surface area contributed by atoms with Gasteiger partial charge in [0, 0.05) is 12.7 Å². The Hall–Kier alpha value is -0.384. The van der Waals surface area contributed by atoms with Crippen LogP contribution < -0.4 is 56.3 Å². The van der Waals surface area contributed by atoms with Crippen molar-refractivity contribution in [3.05, 3.63) is 78.8 Å². The third-order valence-corrected chi connectivity index (χ3v) is 2.56. The molecule has 2 aromatic carbocycles. The summed E-state index contributed by atoms with van der Waals surface area (Å²) >= 11 is 0. The molecule has 1 radical (unpaired) electrons. The molecule has 0 N–H and O–H groups in total. The molecular formula is C16H16KN+. The van der Waals surface area contributed by atoms with Crippen LogP contribution in [0.3, 0.4) is 0 Å². The zero-order valence-electron chi connectivity index (χ0n) is 11.0. The molecule has 85 valence electrons. The monoisotopic (exact) mass is 261 g/mol. The first-order valence-corrected chi connectivity index (χ1v) is 5.71. The van der Waals surface area contributed by atoms with E-state index in [1.165, 1.54) is 11.3 Å². The molecule has 0 aliphatic carbocycles. The van der Waals surface area contributed by atoms with E-state index in [1.54, 1.807) is 0 Å². The number of hydrogen-bond acceptors (Lipinski definition) is 1. The Morgan fingerprint density at radius 3 is 2.00 bits per heavy atom. The summed E-state index contributed by atoms with van der Waals surface area (Å²) in [5.41, 5.74) is 2.40. The van der Waals surface area contributed by atoms with E-state index in [2.05, 4.69) is 47.9 Å². The maximum Gasteiger partial charge on any atom is 1.00 e. The smallest absolute Gasteiger partial charge is 0.366 e. The average molecular weight is 261 g/mol. The van der Waals surface area contributed by atoms with Crippen LogP contribution in [0.2, 0.25) is 0 Å². The molecule has 0 amide bonds. The minimum absolute atomic E-state index is 0. The summed E-state index contributed by atoms with van der Waals surface area (Å²) in [6.45, 7) is 2.06. The molecule has 0 saturated heterocycles. The van der Waals surface area contributed by atoms with Crippen LogP contribution in [0.25, 0.3) is 6.08 Å². The van der Waals surface area contributed by atoms with Crippen molar-refractivity contribution in [1.82, 2.24) is 0 Å². The molecule has 2 rings (SSSR count). The Labute approximate surface area is 152 Å². The number of likely N-dealkylation sites (N-methyl/N-ethyl adjacent to an activating group) is 1. The van der Waals surface area contributed by atoms with E-state index in [-0.39, 0.29) is 51.4 Å². The minimum atomic E-state index is 0. The van der Waals surface area contributed by atoms with Gasteiger partial charge in [0.15, 0.2) is 0 Å². The van der Waals surface area contributed by atoms with Gasteiger partial charge in [0.05, 0.1) is 6.54 Å². The van der Waals surface area contributed by atoms with E-state index in [9.17, 15) is 0 Å². The van der Waals surface area contributed by atoms with E-state index >= 15 is 0 Å². The molecule has 0 heterocycles. The Morgan fingerprint density at radius 2 is 1.39 bits per heavy atom. The largest absolute Gasteiger partial charge is 1.00 e. The third kappa shape index (κ3) is 5.08. The topological polar surface area (TPSA) is 3.24 Å². The number of para-hydroxylation sites is 1. The van der Waals surface area contributed by atoms with Gasteiger partial charge in [-0.05, 0) is 17.7 Å². The van der Waals surface area contributed by atoms with Crippen LogP contribution in [-0.4, -0.2) is 7.05 Å². The number of rotatable bonds is 4. The van der Waals surface area contributed by atoms with Gasteiger partial charge in [0.1, 0.15) is 0 Å². The number of nitrogens with zero attached hydrogens (tertiary/aromatic N) is 1. The second-order valence-electron chi connectivity index (χ2n) is 3.87. The fourth-order valence-electron chi connectivity index (χ4n) is 1.60. The minimum Gasteiger partial charge on any atom is -0.366 e. The zero-order chi connectivity index (χ0) is 11.9. The predicted molar refractivity (Wildman–Crippen MR) is 74.6 cm³/mol. The van der Waals surface area contributed by atoms with Crippen molar-refractivity contribution in [2.45, 2.75) is 0 Å². The summed E-state index contributed by atoms with van der Waals surface area (Å²) in [4.78, 5) is 2.10. The van der Waals surface area contributed by atoms with Crippen molar-refractivity contribution in [3.8, 4) is 0 Å². The van der Waals surface area contributed by atoms with Gasteiger partial charge < -0.3 is 4.90 Å². The van der Waals surface area contributed by atoms with Gasteiger partial charge in [-0.3, -0.25) is 0 Å². The van der Waals surface area contributed by atoms with E-state index < -0.39 is 0 Å². The van der Waals surface area contributed by atoms with Gasteiger partial charge in [-0.1, -0.05) is 60.7 Å². The fraction of sp³-hybridized carbons (Fsp3) is 0.0625. The molecule has 2 heteroatoms. The number of hydrogen-bond donors (Lipinski definition) is 0. The second-order valence-corrected chi connectivity index (χ2v) is 3.87. The van der Waals surface area contributed by atoms with Gasteiger partial charge >= 0.3 is 51.4 Å². The summed E-state index contributed by atoms with van der Waals surface area (Å²) in [7, 11) is 2.05. The maximum absolute atomic E-state index is 2.10. The maximum atomic E-state index is 2.10. The second kappa shape index (κ2) is 8.67. The summed E-state index contributed by atoms with van der Waals surface area (Å²) < 4.78 is 0. The molecule has 0 aromatic heterocycles. The van der Waals surface area contributed by atoms with Crippen LogP contribution in [0.5, 0.6) is 0 Å². The van der Waals surface area contributed by atoms with Crippen molar-refractivity contribution in [1.29, 1.82) is 0 Å². The third-order valence-electron chi connectivity index (χ3n) is 2.56. The Kier molecular flexibility index (Phi) is 7.55. The summed E-state index contributed by atoms with van der Waals surface area (Å²) in [6.07, 6.45) is 4.15. The normalized spacial score (nSPS) is 10.1. The Morgan fingerprint density at radius 1 is 0.833 bits per heavy atom. The molecule has 0 saturated carbocycles. The van der Waals surface area contributed by atoms with Crippen molar-refractivity contribution >= 4 is 11.8 Å². The standard InChI is InChI=1S/C16H16N.K/c1-17(16-12-6-3-7-13-16)14-8-11-15-9-4-2-5-10-15;/h2-14H,1H3;/q;+1/b11-8+;. The van der Waals surface area contributed by atoms with Crippen LogP contribution in [0, 0.1) is 6.54 Å².